The molecule has 15 heavy (non-hydrogen) atoms. The summed E-state index contributed by atoms with van der Waals surface area (Å²) in [6.07, 6.45) is 1.87. The number of hydrogen-bond acceptors (Lipinski definition) is 4. The Labute approximate surface area is 90.8 Å². The van der Waals surface area contributed by atoms with Gasteiger partial charge in [0.25, 0.3) is 0 Å². The average Bonchev–Trinajstić information content (AvgIpc) is 2.66. The summed E-state index contributed by atoms with van der Waals surface area (Å²) in [6.45, 7) is 0. The minimum Gasteiger partial charge on any atom is -0.357 e. The van der Waals surface area contributed by atoms with Gasteiger partial charge in [-0.15, -0.1) is 11.3 Å². The number of nitrogens with one attached hydrogen (secondary N) is 1. The van der Waals surface area contributed by atoms with E-state index in [0.29, 0.717) is 5.95 Å². The first kappa shape index (κ1) is 8.61. The smallest absolute Gasteiger partial charge is 0.223 e. The van der Waals surface area contributed by atoms with Gasteiger partial charge in [-0.2, -0.15) is 0 Å². The first-order valence-electron chi connectivity index (χ1n) is 4.70. The molecule has 0 unspecified atom stereocenters. The maximum absolute atomic E-state index is 4.47. The SMILES string of the molecule is CNc1ncc2sc3ccccc3c2n1. The van der Waals surface area contributed by atoms with Gasteiger partial charge in [0.05, 0.1) is 16.4 Å². The highest BCUT2D eigenvalue weighted by atomic mass is 32.1. The van der Waals surface area contributed by atoms with Crippen molar-refractivity contribution in [2.75, 3.05) is 12.4 Å². The molecular formula is C11H9N3S. The van der Waals surface area contributed by atoms with Crippen LogP contribution in [0.2, 0.25) is 0 Å². The number of thiophene rings is 1. The number of aromatic nitrogens is 2. The van der Waals surface area contributed by atoms with Crippen LogP contribution in [0.5, 0.6) is 0 Å². The van der Waals surface area contributed by atoms with E-state index in [2.05, 4.69) is 27.4 Å². The largest absolute Gasteiger partial charge is 0.357 e. The fourth-order valence-electron chi connectivity index (χ4n) is 1.63. The average molecular weight is 215 g/mol. The molecule has 0 radical (unpaired) electrons. The van der Waals surface area contributed by atoms with Crippen LogP contribution in [0.1, 0.15) is 0 Å². The minimum absolute atomic E-state index is 0.672. The van der Waals surface area contributed by atoms with Crippen molar-refractivity contribution in [1.29, 1.82) is 0 Å². The zero-order valence-corrected chi connectivity index (χ0v) is 9.01. The Bertz CT molecular complexity index is 630. The van der Waals surface area contributed by atoms with Gasteiger partial charge in [-0.25, -0.2) is 9.97 Å². The fourth-order valence-corrected chi connectivity index (χ4v) is 2.64. The molecule has 3 nitrogen and oxygen atoms in total. The molecule has 3 aromatic rings. The van der Waals surface area contributed by atoms with E-state index in [1.54, 1.807) is 11.3 Å². The molecule has 1 aromatic carbocycles. The van der Waals surface area contributed by atoms with Gasteiger partial charge in [0.2, 0.25) is 5.95 Å². The first-order valence-corrected chi connectivity index (χ1v) is 5.52. The Morgan fingerprint density at radius 3 is 2.93 bits per heavy atom. The molecule has 2 heterocycles. The molecule has 0 amide bonds. The zero-order chi connectivity index (χ0) is 10.3. The second-order valence-corrected chi connectivity index (χ2v) is 4.34. The summed E-state index contributed by atoms with van der Waals surface area (Å²) in [7, 11) is 1.83. The van der Waals surface area contributed by atoms with Gasteiger partial charge in [-0.3, -0.25) is 0 Å². The summed E-state index contributed by atoms with van der Waals surface area (Å²) in [5.41, 5.74) is 1.04. The van der Waals surface area contributed by atoms with Crippen molar-refractivity contribution in [3.63, 3.8) is 0 Å². The second-order valence-electron chi connectivity index (χ2n) is 3.25. The monoisotopic (exact) mass is 215 g/mol. The quantitative estimate of drug-likeness (QED) is 0.678. The van der Waals surface area contributed by atoms with E-state index < -0.39 is 0 Å². The summed E-state index contributed by atoms with van der Waals surface area (Å²) in [5, 5.41) is 4.16. The molecular weight excluding hydrogens is 206 g/mol. The second kappa shape index (κ2) is 3.17. The number of rotatable bonds is 1. The lowest BCUT2D eigenvalue weighted by molar-refractivity contribution is 1.20. The van der Waals surface area contributed by atoms with Crippen LogP contribution < -0.4 is 5.32 Å². The van der Waals surface area contributed by atoms with Crippen LogP contribution in [0.4, 0.5) is 5.95 Å². The summed E-state index contributed by atoms with van der Waals surface area (Å²) in [5.74, 6) is 0.672. The van der Waals surface area contributed by atoms with Crippen molar-refractivity contribution in [1.82, 2.24) is 9.97 Å². The predicted molar refractivity (Wildman–Crippen MR) is 64.5 cm³/mol. The first-order chi connectivity index (χ1) is 7.38. The van der Waals surface area contributed by atoms with Crippen LogP contribution in [0.3, 0.4) is 0 Å². The number of benzene rings is 1. The van der Waals surface area contributed by atoms with Crippen LogP contribution >= 0.6 is 11.3 Å². The van der Waals surface area contributed by atoms with Crippen LogP contribution in [-0.4, -0.2) is 17.0 Å². The summed E-state index contributed by atoms with van der Waals surface area (Å²) >= 11 is 1.73. The van der Waals surface area contributed by atoms with E-state index in [9.17, 15) is 0 Å². The lowest BCUT2D eigenvalue weighted by atomic mass is 10.2. The lowest BCUT2D eigenvalue weighted by Gasteiger charge is -1.96. The number of anilines is 1. The molecule has 1 N–H and O–H groups in total. The maximum Gasteiger partial charge on any atom is 0.223 e. The topological polar surface area (TPSA) is 37.8 Å². The molecule has 2 aromatic heterocycles. The third-order valence-electron chi connectivity index (χ3n) is 2.34. The fraction of sp³-hybridized carbons (Fsp3) is 0.0909. The van der Waals surface area contributed by atoms with E-state index in [0.717, 1.165) is 10.2 Å². The Balaban J connectivity index is 2.46. The molecule has 74 valence electrons. The van der Waals surface area contributed by atoms with E-state index in [1.165, 1.54) is 10.1 Å². The van der Waals surface area contributed by atoms with Crippen molar-refractivity contribution in [3.05, 3.63) is 30.5 Å². The van der Waals surface area contributed by atoms with Gasteiger partial charge < -0.3 is 5.32 Å². The Kier molecular flexibility index (Phi) is 1.82. The Hall–Kier alpha value is -1.68. The molecule has 0 aliphatic carbocycles. The van der Waals surface area contributed by atoms with Crippen molar-refractivity contribution in [2.24, 2.45) is 0 Å². The van der Waals surface area contributed by atoms with Crippen LogP contribution in [-0.2, 0) is 0 Å². The number of hydrogen-bond donors (Lipinski definition) is 1. The third kappa shape index (κ3) is 1.26. The highest BCUT2D eigenvalue weighted by molar-refractivity contribution is 7.25. The molecule has 0 spiro atoms. The number of nitrogens with zero attached hydrogens (tertiary/aromatic N) is 2. The van der Waals surface area contributed by atoms with Gasteiger partial charge in [-0.05, 0) is 6.07 Å². The van der Waals surface area contributed by atoms with Gasteiger partial charge in [0.15, 0.2) is 0 Å². The highest BCUT2D eigenvalue weighted by Gasteiger charge is 2.06. The highest BCUT2D eigenvalue weighted by Crippen LogP contribution is 2.31. The van der Waals surface area contributed by atoms with Gasteiger partial charge >= 0.3 is 0 Å². The molecule has 0 atom stereocenters. The van der Waals surface area contributed by atoms with Crippen molar-refractivity contribution < 1.29 is 0 Å². The lowest BCUT2D eigenvalue weighted by Crippen LogP contribution is -1.94. The molecule has 0 saturated carbocycles. The van der Waals surface area contributed by atoms with E-state index >= 15 is 0 Å². The third-order valence-corrected chi connectivity index (χ3v) is 3.44. The van der Waals surface area contributed by atoms with Gasteiger partial charge in [0.1, 0.15) is 0 Å². The Morgan fingerprint density at radius 2 is 2.07 bits per heavy atom. The van der Waals surface area contributed by atoms with Crippen LogP contribution in [0.25, 0.3) is 20.3 Å². The molecule has 3 rings (SSSR count). The molecule has 4 heteroatoms. The van der Waals surface area contributed by atoms with Crippen LogP contribution in [0.15, 0.2) is 30.5 Å². The predicted octanol–water partition coefficient (Wildman–Crippen LogP) is 2.89. The molecule has 0 fully saturated rings. The molecule has 0 aliphatic rings. The van der Waals surface area contributed by atoms with Gasteiger partial charge in [0, 0.05) is 17.1 Å². The summed E-state index contributed by atoms with van der Waals surface area (Å²) in [6, 6.07) is 8.29. The van der Waals surface area contributed by atoms with Crippen molar-refractivity contribution in [2.45, 2.75) is 0 Å². The van der Waals surface area contributed by atoms with Gasteiger partial charge in [-0.1, -0.05) is 18.2 Å². The standard InChI is InChI=1S/C11H9N3S/c1-12-11-13-6-9-10(14-11)7-4-2-3-5-8(7)15-9/h2-6H,1H3,(H,12,13,14). The molecule has 0 bridgehead atoms. The summed E-state index contributed by atoms with van der Waals surface area (Å²) in [4.78, 5) is 8.68. The van der Waals surface area contributed by atoms with Crippen LogP contribution in [0, 0.1) is 0 Å². The zero-order valence-electron chi connectivity index (χ0n) is 8.19. The van der Waals surface area contributed by atoms with E-state index in [1.807, 2.05) is 25.4 Å². The molecule has 0 aliphatic heterocycles. The number of fused-ring (bicyclic) bond motifs is 3. The maximum atomic E-state index is 4.47. The minimum atomic E-state index is 0.672. The van der Waals surface area contributed by atoms with E-state index in [-0.39, 0.29) is 0 Å². The molecule has 0 saturated heterocycles. The van der Waals surface area contributed by atoms with Crippen molar-refractivity contribution in [3.8, 4) is 0 Å². The Morgan fingerprint density at radius 1 is 1.20 bits per heavy atom. The van der Waals surface area contributed by atoms with Crippen molar-refractivity contribution >= 4 is 37.6 Å². The summed E-state index contributed by atoms with van der Waals surface area (Å²) < 4.78 is 2.39. The van der Waals surface area contributed by atoms with E-state index in [4.69, 9.17) is 0 Å². The normalized spacial score (nSPS) is 11.0.